The van der Waals surface area contributed by atoms with Gasteiger partial charge in [-0.25, -0.2) is 4.98 Å². The average molecular weight is 342 g/mol. The molecule has 6 heteroatoms. The molecule has 0 radical (unpaired) electrons. The molecule has 0 atom stereocenters. The van der Waals surface area contributed by atoms with E-state index in [1.165, 1.54) is 43.4 Å². The van der Waals surface area contributed by atoms with Gasteiger partial charge in [-0.15, -0.1) is 0 Å². The molecule has 1 aliphatic rings. The van der Waals surface area contributed by atoms with Crippen LogP contribution in [-0.4, -0.2) is 26.6 Å². The molecule has 126 valence electrons. The van der Waals surface area contributed by atoms with E-state index in [9.17, 15) is 5.11 Å². The van der Waals surface area contributed by atoms with Crippen molar-refractivity contribution in [3.05, 3.63) is 35.0 Å². The first-order valence-corrected chi connectivity index (χ1v) is 9.46. The smallest absolute Gasteiger partial charge is 0.227 e. The van der Waals surface area contributed by atoms with Crippen LogP contribution >= 0.6 is 11.3 Å². The molecule has 4 rings (SSSR count). The van der Waals surface area contributed by atoms with Gasteiger partial charge in [-0.2, -0.15) is 4.98 Å². The Labute approximate surface area is 145 Å². The molecule has 2 aromatic heterocycles. The second-order valence-electron chi connectivity index (χ2n) is 6.53. The molecule has 1 saturated carbocycles. The Morgan fingerprint density at radius 1 is 1.17 bits per heavy atom. The summed E-state index contributed by atoms with van der Waals surface area (Å²) in [5, 5.41) is 14.3. The summed E-state index contributed by atoms with van der Waals surface area (Å²) in [5.41, 5.74) is 1.97. The summed E-state index contributed by atoms with van der Waals surface area (Å²) in [6, 6.07) is 7.96. The van der Waals surface area contributed by atoms with Crippen molar-refractivity contribution >= 4 is 27.5 Å². The number of hydrogen-bond donors (Lipinski definition) is 3. The number of aromatic hydroxyl groups is 1. The van der Waals surface area contributed by atoms with E-state index in [2.05, 4.69) is 20.3 Å². The highest BCUT2D eigenvalue weighted by atomic mass is 32.1. The van der Waals surface area contributed by atoms with Crippen LogP contribution in [0.5, 0.6) is 5.88 Å². The lowest BCUT2D eigenvalue weighted by molar-refractivity contribution is 0.373. The first kappa shape index (κ1) is 15.4. The number of para-hydroxylation sites is 2. The molecule has 5 nitrogen and oxygen atoms in total. The van der Waals surface area contributed by atoms with Crippen LogP contribution in [0, 0.1) is 5.92 Å². The minimum Gasteiger partial charge on any atom is -0.492 e. The van der Waals surface area contributed by atoms with Crippen LogP contribution < -0.4 is 5.32 Å². The number of anilines is 1. The molecule has 0 bridgehead atoms. The number of nitrogens with one attached hydrogen (secondary N) is 2. The van der Waals surface area contributed by atoms with Gasteiger partial charge in [-0.3, -0.25) is 0 Å². The van der Waals surface area contributed by atoms with Crippen molar-refractivity contribution in [3.8, 4) is 5.88 Å². The molecule has 24 heavy (non-hydrogen) atoms. The molecule has 1 fully saturated rings. The van der Waals surface area contributed by atoms with Gasteiger partial charge in [-0.1, -0.05) is 42.7 Å². The first-order chi connectivity index (χ1) is 11.8. The fraction of sp³-hybridized carbons (Fsp3) is 0.444. The van der Waals surface area contributed by atoms with Crippen molar-refractivity contribution in [3.63, 3.8) is 0 Å². The van der Waals surface area contributed by atoms with Gasteiger partial charge in [0.15, 0.2) is 5.13 Å². The summed E-state index contributed by atoms with van der Waals surface area (Å²) >= 11 is 1.52. The molecule has 0 unspecified atom stereocenters. The third-order valence-electron chi connectivity index (χ3n) is 4.71. The van der Waals surface area contributed by atoms with Gasteiger partial charge in [0.05, 0.1) is 15.9 Å². The number of aromatic nitrogens is 3. The number of aromatic amines is 1. The van der Waals surface area contributed by atoms with E-state index >= 15 is 0 Å². The monoisotopic (exact) mass is 342 g/mol. The number of fused-ring (bicyclic) bond motifs is 1. The number of nitrogens with zero attached hydrogens (tertiary/aromatic N) is 2. The van der Waals surface area contributed by atoms with Crippen molar-refractivity contribution < 1.29 is 5.11 Å². The Hall–Kier alpha value is -2.08. The minimum atomic E-state index is 0.117. The quantitative estimate of drug-likeness (QED) is 0.646. The maximum atomic E-state index is 10.1. The lowest BCUT2D eigenvalue weighted by Crippen LogP contribution is -2.16. The number of rotatable bonds is 5. The van der Waals surface area contributed by atoms with Crippen molar-refractivity contribution in [2.75, 3.05) is 11.9 Å². The van der Waals surface area contributed by atoms with E-state index in [1.807, 2.05) is 24.3 Å². The lowest BCUT2D eigenvalue weighted by atomic mass is 9.89. The third kappa shape index (κ3) is 3.38. The SMILES string of the molecule is Oc1nc(NCC2CCCCC2)sc1Cc1nc2ccccc2[nH]1. The summed E-state index contributed by atoms with van der Waals surface area (Å²) in [6.45, 7) is 0.955. The Bertz CT molecular complexity index is 786. The Morgan fingerprint density at radius 2 is 2.00 bits per heavy atom. The largest absolute Gasteiger partial charge is 0.492 e. The van der Waals surface area contributed by atoms with E-state index in [1.54, 1.807) is 0 Å². The Kier molecular flexibility index (Phi) is 4.38. The van der Waals surface area contributed by atoms with E-state index in [0.29, 0.717) is 6.42 Å². The van der Waals surface area contributed by atoms with Crippen LogP contribution in [0.4, 0.5) is 5.13 Å². The highest BCUT2D eigenvalue weighted by molar-refractivity contribution is 7.15. The summed E-state index contributed by atoms with van der Waals surface area (Å²) < 4.78 is 0. The van der Waals surface area contributed by atoms with Crippen molar-refractivity contribution in [2.45, 2.75) is 38.5 Å². The molecule has 0 saturated heterocycles. The summed E-state index contributed by atoms with van der Waals surface area (Å²) in [4.78, 5) is 13.0. The molecular formula is C18H22N4OS. The maximum Gasteiger partial charge on any atom is 0.227 e. The van der Waals surface area contributed by atoms with Crippen molar-refractivity contribution in [1.82, 2.24) is 15.0 Å². The second kappa shape index (κ2) is 6.81. The first-order valence-electron chi connectivity index (χ1n) is 8.64. The third-order valence-corrected chi connectivity index (χ3v) is 5.71. The fourth-order valence-electron chi connectivity index (χ4n) is 3.40. The van der Waals surface area contributed by atoms with Gasteiger partial charge in [0, 0.05) is 13.0 Å². The molecule has 1 aromatic carbocycles. The molecule has 0 aliphatic heterocycles. The number of thiazole rings is 1. The van der Waals surface area contributed by atoms with Crippen LogP contribution in [-0.2, 0) is 6.42 Å². The zero-order valence-corrected chi connectivity index (χ0v) is 14.4. The maximum absolute atomic E-state index is 10.1. The van der Waals surface area contributed by atoms with E-state index in [-0.39, 0.29) is 5.88 Å². The van der Waals surface area contributed by atoms with Crippen LogP contribution in [0.2, 0.25) is 0 Å². The summed E-state index contributed by atoms with van der Waals surface area (Å²) in [7, 11) is 0. The fourth-order valence-corrected chi connectivity index (χ4v) is 4.27. The standard InChI is InChI=1S/C18H22N4OS/c23-17-15(10-16-20-13-8-4-5-9-14(13)21-16)24-18(22-17)19-11-12-6-2-1-3-7-12/h4-5,8-9,12,23H,1-3,6-7,10-11H2,(H,19,22)(H,20,21). The van der Waals surface area contributed by atoms with Crippen LogP contribution in [0.25, 0.3) is 11.0 Å². The summed E-state index contributed by atoms with van der Waals surface area (Å²) in [5.74, 6) is 1.71. The number of benzene rings is 1. The molecule has 3 aromatic rings. The second-order valence-corrected chi connectivity index (χ2v) is 7.61. The van der Waals surface area contributed by atoms with Gasteiger partial charge in [0.1, 0.15) is 5.82 Å². The van der Waals surface area contributed by atoms with Gasteiger partial charge in [0.25, 0.3) is 0 Å². The zero-order chi connectivity index (χ0) is 16.4. The molecule has 1 aliphatic carbocycles. The topological polar surface area (TPSA) is 73.8 Å². The van der Waals surface area contributed by atoms with E-state index < -0.39 is 0 Å². The van der Waals surface area contributed by atoms with Crippen LogP contribution in [0.15, 0.2) is 24.3 Å². The highest BCUT2D eigenvalue weighted by Crippen LogP contribution is 2.31. The number of imidazole rings is 1. The molecular weight excluding hydrogens is 320 g/mol. The molecule has 0 spiro atoms. The molecule has 0 amide bonds. The molecule has 2 heterocycles. The van der Waals surface area contributed by atoms with Crippen molar-refractivity contribution in [1.29, 1.82) is 0 Å². The molecule has 3 N–H and O–H groups in total. The van der Waals surface area contributed by atoms with E-state index in [0.717, 1.165) is 39.3 Å². The van der Waals surface area contributed by atoms with Gasteiger partial charge in [-0.05, 0) is 30.9 Å². The minimum absolute atomic E-state index is 0.117. The predicted molar refractivity (Wildman–Crippen MR) is 97.7 cm³/mol. The number of hydrogen-bond acceptors (Lipinski definition) is 5. The summed E-state index contributed by atoms with van der Waals surface area (Å²) in [6.07, 6.45) is 7.23. The Morgan fingerprint density at radius 3 is 2.83 bits per heavy atom. The highest BCUT2D eigenvalue weighted by Gasteiger charge is 2.16. The van der Waals surface area contributed by atoms with Crippen LogP contribution in [0.3, 0.4) is 0 Å². The lowest BCUT2D eigenvalue weighted by Gasteiger charge is -2.21. The average Bonchev–Trinajstić information content (AvgIpc) is 3.17. The number of H-pyrrole nitrogens is 1. The van der Waals surface area contributed by atoms with Gasteiger partial charge in [0.2, 0.25) is 5.88 Å². The van der Waals surface area contributed by atoms with Gasteiger partial charge >= 0.3 is 0 Å². The normalized spacial score (nSPS) is 15.8. The predicted octanol–water partition coefficient (Wildman–Crippen LogP) is 4.31. The van der Waals surface area contributed by atoms with Crippen LogP contribution in [0.1, 0.15) is 42.8 Å². The van der Waals surface area contributed by atoms with Gasteiger partial charge < -0.3 is 15.4 Å². The van der Waals surface area contributed by atoms with E-state index in [4.69, 9.17) is 0 Å². The zero-order valence-electron chi connectivity index (χ0n) is 13.6. The Balaban J connectivity index is 1.42. The van der Waals surface area contributed by atoms with Crippen molar-refractivity contribution in [2.24, 2.45) is 5.92 Å².